The van der Waals surface area contributed by atoms with Crippen LogP contribution in [-0.2, 0) is 11.2 Å². The number of aliphatic carboxylic acids is 1. The summed E-state index contributed by atoms with van der Waals surface area (Å²) in [6, 6.07) is 5.20. The van der Waals surface area contributed by atoms with Gasteiger partial charge in [-0.05, 0) is 23.2 Å². The van der Waals surface area contributed by atoms with Gasteiger partial charge in [0.05, 0.1) is 17.5 Å². The number of nitrogens with zero attached hydrogens (tertiary/aromatic N) is 2. The molecule has 0 amide bonds. The van der Waals surface area contributed by atoms with Gasteiger partial charge in [0.25, 0.3) is 0 Å². The van der Waals surface area contributed by atoms with E-state index in [-0.39, 0.29) is 17.3 Å². The summed E-state index contributed by atoms with van der Waals surface area (Å²) in [4.78, 5) is 17.3. The Morgan fingerprint density at radius 1 is 1.62 bits per heavy atom. The molecule has 6 heteroatoms. The maximum Gasteiger partial charge on any atom is 0.307 e. The molecule has 0 saturated heterocycles. The Hall–Kier alpha value is -2.06. The largest absolute Gasteiger partial charge is 0.481 e. The third kappa shape index (κ3) is 1.71. The number of aromatic nitrogens is 2. The molecular weight excluding hydrogens is 230 g/mol. The monoisotopic (exact) mass is 235 g/mol. The van der Waals surface area contributed by atoms with Crippen LogP contribution in [-0.4, -0.2) is 21.0 Å². The molecule has 0 fully saturated rings. The van der Waals surface area contributed by atoms with Crippen LogP contribution in [0.3, 0.4) is 0 Å². The predicted octanol–water partition coefficient (Wildman–Crippen LogP) is 1.72. The SMILES string of the molecule is N#Cc1c(CC(=O)O)ccc2[nH]c(Cl)nc12. The molecule has 1 heterocycles. The summed E-state index contributed by atoms with van der Waals surface area (Å²) in [6.07, 6.45) is -0.205. The first-order chi connectivity index (χ1) is 7.61. The maximum atomic E-state index is 10.6. The van der Waals surface area contributed by atoms with Crippen LogP contribution in [0.4, 0.5) is 0 Å². The zero-order valence-corrected chi connectivity index (χ0v) is 8.75. The molecule has 0 bridgehead atoms. The van der Waals surface area contributed by atoms with E-state index in [1.165, 1.54) is 0 Å². The number of carboxylic acid groups (broad SMARTS) is 1. The fourth-order valence-electron chi connectivity index (χ4n) is 1.52. The number of hydrogen-bond acceptors (Lipinski definition) is 3. The van der Waals surface area contributed by atoms with Crippen LogP contribution < -0.4 is 0 Å². The van der Waals surface area contributed by atoms with Gasteiger partial charge in [-0.3, -0.25) is 4.79 Å². The van der Waals surface area contributed by atoms with Gasteiger partial charge in [0.15, 0.2) is 0 Å². The van der Waals surface area contributed by atoms with E-state index in [9.17, 15) is 4.79 Å². The number of carboxylic acids is 1. The molecule has 0 saturated carbocycles. The van der Waals surface area contributed by atoms with Crippen molar-refractivity contribution in [3.05, 3.63) is 28.5 Å². The Labute approximate surface area is 95.3 Å². The average molecular weight is 236 g/mol. The Bertz CT molecular complexity index is 612. The number of fused-ring (bicyclic) bond motifs is 1. The molecule has 1 aromatic heterocycles. The third-order valence-corrected chi connectivity index (χ3v) is 2.34. The molecule has 0 spiro atoms. The number of nitriles is 1. The number of halogens is 1. The van der Waals surface area contributed by atoms with E-state index in [0.717, 1.165) is 0 Å². The first-order valence-corrected chi connectivity index (χ1v) is 4.78. The van der Waals surface area contributed by atoms with Gasteiger partial charge in [-0.15, -0.1) is 0 Å². The maximum absolute atomic E-state index is 10.6. The highest BCUT2D eigenvalue weighted by Crippen LogP contribution is 2.22. The van der Waals surface area contributed by atoms with Gasteiger partial charge in [-0.2, -0.15) is 5.26 Å². The molecule has 0 aliphatic carbocycles. The summed E-state index contributed by atoms with van der Waals surface area (Å²) in [6.45, 7) is 0. The van der Waals surface area contributed by atoms with E-state index in [0.29, 0.717) is 16.6 Å². The number of aromatic amines is 1. The first kappa shape index (κ1) is 10.5. The minimum absolute atomic E-state index is 0.180. The third-order valence-electron chi connectivity index (χ3n) is 2.17. The molecule has 16 heavy (non-hydrogen) atoms. The Morgan fingerprint density at radius 3 is 3.00 bits per heavy atom. The number of hydrogen-bond donors (Lipinski definition) is 2. The van der Waals surface area contributed by atoms with Crippen molar-refractivity contribution in [2.24, 2.45) is 0 Å². The normalized spacial score (nSPS) is 10.2. The second-order valence-corrected chi connectivity index (χ2v) is 3.56. The van der Waals surface area contributed by atoms with Crippen molar-refractivity contribution in [1.29, 1.82) is 5.26 Å². The lowest BCUT2D eigenvalue weighted by Gasteiger charge is -2.00. The molecule has 0 unspecified atom stereocenters. The van der Waals surface area contributed by atoms with E-state index >= 15 is 0 Å². The van der Waals surface area contributed by atoms with Crippen LogP contribution in [0.15, 0.2) is 12.1 Å². The van der Waals surface area contributed by atoms with Crippen molar-refractivity contribution in [2.45, 2.75) is 6.42 Å². The second-order valence-electron chi connectivity index (χ2n) is 3.21. The standard InChI is InChI=1S/C10H6ClN3O2/c11-10-13-7-2-1-5(3-8(15)16)6(4-12)9(7)14-10/h1-2H,3H2,(H,13,14)(H,15,16). The molecule has 0 aliphatic rings. The number of benzene rings is 1. The molecule has 0 aliphatic heterocycles. The Kier molecular flexibility index (Phi) is 2.50. The van der Waals surface area contributed by atoms with Gasteiger partial charge in [-0.25, -0.2) is 4.98 Å². The van der Waals surface area contributed by atoms with E-state index in [4.69, 9.17) is 22.0 Å². The lowest BCUT2D eigenvalue weighted by Crippen LogP contribution is -2.02. The minimum Gasteiger partial charge on any atom is -0.481 e. The number of nitrogens with one attached hydrogen (secondary N) is 1. The van der Waals surface area contributed by atoms with Crippen molar-refractivity contribution < 1.29 is 9.90 Å². The molecule has 0 radical (unpaired) electrons. The van der Waals surface area contributed by atoms with Crippen LogP contribution >= 0.6 is 11.6 Å². The van der Waals surface area contributed by atoms with Crippen molar-refractivity contribution in [3.63, 3.8) is 0 Å². The molecule has 2 aromatic rings. The molecule has 5 nitrogen and oxygen atoms in total. The lowest BCUT2D eigenvalue weighted by molar-refractivity contribution is -0.136. The van der Waals surface area contributed by atoms with Gasteiger partial charge in [0.2, 0.25) is 5.28 Å². The van der Waals surface area contributed by atoms with Crippen molar-refractivity contribution in [2.75, 3.05) is 0 Å². The predicted molar refractivity (Wildman–Crippen MR) is 57.2 cm³/mol. The van der Waals surface area contributed by atoms with E-state index in [1.54, 1.807) is 12.1 Å². The summed E-state index contributed by atoms with van der Waals surface area (Å²) < 4.78 is 0. The van der Waals surface area contributed by atoms with E-state index in [2.05, 4.69) is 9.97 Å². The Morgan fingerprint density at radius 2 is 2.38 bits per heavy atom. The topological polar surface area (TPSA) is 89.8 Å². The zero-order chi connectivity index (χ0) is 11.7. The highest BCUT2D eigenvalue weighted by Gasteiger charge is 2.13. The zero-order valence-electron chi connectivity index (χ0n) is 7.99. The molecule has 2 N–H and O–H groups in total. The molecular formula is C10H6ClN3O2. The van der Waals surface area contributed by atoms with Gasteiger partial charge in [-0.1, -0.05) is 6.07 Å². The number of H-pyrrole nitrogens is 1. The van der Waals surface area contributed by atoms with Gasteiger partial charge in [0, 0.05) is 0 Å². The molecule has 1 aromatic carbocycles. The van der Waals surface area contributed by atoms with E-state index < -0.39 is 5.97 Å². The van der Waals surface area contributed by atoms with Crippen LogP contribution in [0, 0.1) is 11.3 Å². The van der Waals surface area contributed by atoms with Crippen LogP contribution in [0.25, 0.3) is 11.0 Å². The lowest BCUT2D eigenvalue weighted by atomic mass is 10.0. The van der Waals surface area contributed by atoms with Crippen molar-refractivity contribution >= 4 is 28.6 Å². The summed E-state index contributed by atoms with van der Waals surface area (Å²) in [5.74, 6) is -0.988. The number of imidazole rings is 1. The summed E-state index contributed by atoms with van der Waals surface area (Å²) in [5, 5.41) is 17.9. The highest BCUT2D eigenvalue weighted by molar-refractivity contribution is 6.29. The fraction of sp³-hybridized carbons (Fsp3) is 0.100. The van der Waals surface area contributed by atoms with Gasteiger partial charge in [0.1, 0.15) is 11.6 Å². The van der Waals surface area contributed by atoms with Crippen LogP contribution in [0.5, 0.6) is 0 Å². The summed E-state index contributed by atoms with van der Waals surface area (Å²) in [5.41, 5.74) is 1.72. The smallest absolute Gasteiger partial charge is 0.307 e. The second kappa shape index (κ2) is 3.83. The minimum atomic E-state index is -0.988. The van der Waals surface area contributed by atoms with Crippen LogP contribution in [0.1, 0.15) is 11.1 Å². The summed E-state index contributed by atoms with van der Waals surface area (Å²) in [7, 11) is 0. The van der Waals surface area contributed by atoms with Crippen molar-refractivity contribution in [1.82, 2.24) is 9.97 Å². The first-order valence-electron chi connectivity index (χ1n) is 4.41. The average Bonchev–Trinajstić information content (AvgIpc) is 2.57. The van der Waals surface area contributed by atoms with Crippen LogP contribution in [0.2, 0.25) is 5.28 Å². The fourth-order valence-corrected chi connectivity index (χ4v) is 1.71. The van der Waals surface area contributed by atoms with Crippen molar-refractivity contribution in [3.8, 4) is 6.07 Å². The summed E-state index contributed by atoms with van der Waals surface area (Å²) >= 11 is 5.68. The molecule has 80 valence electrons. The highest BCUT2D eigenvalue weighted by atomic mass is 35.5. The van der Waals surface area contributed by atoms with Gasteiger partial charge >= 0.3 is 5.97 Å². The quantitative estimate of drug-likeness (QED) is 0.829. The molecule has 2 rings (SSSR count). The molecule has 0 atom stereocenters. The van der Waals surface area contributed by atoms with E-state index in [1.807, 2.05) is 6.07 Å². The number of rotatable bonds is 2. The van der Waals surface area contributed by atoms with Gasteiger partial charge < -0.3 is 10.1 Å². The number of carbonyl (C=O) groups is 1. The Balaban J connectivity index is 2.68.